The molecule has 0 amide bonds. The molecule has 0 aromatic rings. The van der Waals surface area contributed by atoms with E-state index in [2.05, 4.69) is 172 Å². The van der Waals surface area contributed by atoms with Gasteiger partial charge < -0.3 is 18.9 Å². The molecule has 0 rings (SSSR count). The van der Waals surface area contributed by atoms with Gasteiger partial charge >= 0.3 is 19.8 Å². The molecule has 90 heavy (non-hydrogen) atoms. The van der Waals surface area contributed by atoms with Crippen molar-refractivity contribution in [1.82, 2.24) is 0 Å². The number of esters is 2. The number of allylic oxidation sites excluding steroid dienone is 26. The molecule has 2 atom stereocenters. The number of nitrogens with zero attached hydrogens (tertiary/aromatic N) is 1. The first-order chi connectivity index (χ1) is 44.0. The highest BCUT2D eigenvalue weighted by Gasteiger charge is 2.27. The first-order valence-corrected chi connectivity index (χ1v) is 37.7. The Kier molecular flexibility index (Phi) is 65.6. The number of hydrogen-bond acceptors (Lipinski definition) is 7. The number of phosphoric acid groups is 1. The second-order valence-electron chi connectivity index (χ2n) is 24.9. The van der Waals surface area contributed by atoms with Crippen LogP contribution in [0.4, 0.5) is 0 Å². The quantitative estimate of drug-likeness (QED) is 0.0211. The van der Waals surface area contributed by atoms with Crippen LogP contribution >= 0.6 is 7.82 Å². The van der Waals surface area contributed by atoms with Gasteiger partial charge in [0.05, 0.1) is 27.7 Å². The van der Waals surface area contributed by atoms with Crippen LogP contribution in [0.1, 0.15) is 284 Å². The van der Waals surface area contributed by atoms with Crippen LogP contribution < -0.4 is 0 Å². The number of ether oxygens (including phenoxy) is 2. The predicted molar refractivity (Wildman–Crippen MR) is 390 cm³/mol. The Morgan fingerprint density at radius 2 is 0.600 bits per heavy atom. The number of carbonyl (C=O) groups is 2. The third-order valence-electron chi connectivity index (χ3n) is 15.1. The molecule has 0 aliphatic heterocycles. The fraction of sp³-hybridized carbons (Fsp3) is 0.650. The van der Waals surface area contributed by atoms with Gasteiger partial charge in [-0.05, 0) is 122 Å². The topological polar surface area (TPSA) is 108 Å². The minimum atomic E-state index is -4.41. The van der Waals surface area contributed by atoms with Crippen molar-refractivity contribution in [2.24, 2.45) is 0 Å². The Bertz CT molecular complexity index is 2080. The van der Waals surface area contributed by atoms with E-state index < -0.39 is 26.5 Å². The minimum Gasteiger partial charge on any atom is -0.462 e. The van der Waals surface area contributed by atoms with Gasteiger partial charge in [0, 0.05) is 12.8 Å². The number of rotatable bonds is 65. The van der Waals surface area contributed by atoms with E-state index in [0.717, 1.165) is 141 Å². The van der Waals surface area contributed by atoms with E-state index in [9.17, 15) is 19.0 Å². The molecule has 0 radical (unpaired) electrons. The Morgan fingerprint density at radius 1 is 0.344 bits per heavy atom. The van der Waals surface area contributed by atoms with E-state index in [4.69, 9.17) is 18.5 Å². The highest BCUT2D eigenvalue weighted by Crippen LogP contribution is 2.43. The van der Waals surface area contributed by atoms with Crippen LogP contribution in [0.15, 0.2) is 158 Å². The molecule has 512 valence electrons. The number of phosphoric ester groups is 1. The number of unbranched alkanes of at least 4 members (excludes halogenated alkanes) is 25. The van der Waals surface area contributed by atoms with Crippen molar-refractivity contribution in [2.75, 3.05) is 47.5 Å². The van der Waals surface area contributed by atoms with Gasteiger partial charge in [0.1, 0.15) is 19.8 Å². The summed E-state index contributed by atoms with van der Waals surface area (Å²) in [6, 6.07) is 0. The third kappa shape index (κ3) is 72.7. The van der Waals surface area contributed by atoms with E-state index in [1.807, 2.05) is 21.1 Å². The van der Waals surface area contributed by atoms with Crippen LogP contribution in [0.2, 0.25) is 0 Å². The lowest BCUT2D eigenvalue weighted by Crippen LogP contribution is -2.37. The minimum absolute atomic E-state index is 0.0217. The zero-order valence-corrected chi connectivity index (χ0v) is 59.2. The first kappa shape index (κ1) is 85.6. The van der Waals surface area contributed by atoms with E-state index >= 15 is 0 Å². The molecule has 0 aromatic heterocycles. The van der Waals surface area contributed by atoms with E-state index in [1.165, 1.54) is 109 Å². The fourth-order valence-corrected chi connectivity index (χ4v) is 10.3. The number of carbonyl (C=O) groups excluding carboxylic acids is 2. The summed E-state index contributed by atoms with van der Waals surface area (Å²) in [5.74, 6) is -0.816. The molecule has 0 aliphatic carbocycles. The molecule has 0 spiro atoms. The molecule has 0 aromatic carbocycles. The first-order valence-electron chi connectivity index (χ1n) is 36.2. The normalized spacial score (nSPS) is 14.1. The SMILES string of the molecule is CC/C=C\C/C=C\C/C=C\C/C=C\C/C=C\C/C=C\C/C=C\C/C=C\CCCCCCCCC(=O)OC(COC(=O)CCCCCCCCCCCCCCCCCCCCC/C=C\C/C=C\C/C=C\C/C=C\C/C=C\CC)COP(=O)(O)OCC[N+](C)(C)C. The smallest absolute Gasteiger partial charge is 0.462 e. The van der Waals surface area contributed by atoms with Gasteiger partial charge in [-0.1, -0.05) is 307 Å². The van der Waals surface area contributed by atoms with Gasteiger partial charge in [-0.3, -0.25) is 18.6 Å². The maximum absolute atomic E-state index is 12.9. The van der Waals surface area contributed by atoms with Crippen molar-refractivity contribution in [1.29, 1.82) is 0 Å². The van der Waals surface area contributed by atoms with Crippen molar-refractivity contribution in [3.05, 3.63) is 158 Å². The molecule has 1 N–H and O–H groups in total. The summed E-state index contributed by atoms with van der Waals surface area (Å²) in [5.41, 5.74) is 0. The van der Waals surface area contributed by atoms with Crippen molar-refractivity contribution >= 4 is 19.8 Å². The molecule has 9 nitrogen and oxygen atoms in total. The maximum Gasteiger partial charge on any atom is 0.472 e. The zero-order valence-electron chi connectivity index (χ0n) is 58.3. The lowest BCUT2D eigenvalue weighted by Gasteiger charge is -2.24. The van der Waals surface area contributed by atoms with Crippen molar-refractivity contribution in [3.8, 4) is 0 Å². The monoisotopic (exact) mass is 1270 g/mol. The van der Waals surface area contributed by atoms with Crippen LogP contribution in [0.3, 0.4) is 0 Å². The average molecular weight is 1270 g/mol. The Hall–Kier alpha value is -4.37. The fourth-order valence-electron chi connectivity index (χ4n) is 9.59. The van der Waals surface area contributed by atoms with Crippen LogP contribution in [0, 0.1) is 0 Å². The molecular weight excluding hydrogens is 1130 g/mol. The van der Waals surface area contributed by atoms with Gasteiger partial charge in [0.25, 0.3) is 0 Å². The van der Waals surface area contributed by atoms with Crippen molar-refractivity contribution in [3.63, 3.8) is 0 Å². The second kappa shape index (κ2) is 69.0. The second-order valence-corrected chi connectivity index (χ2v) is 26.3. The summed E-state index contributed by atoms with van der Waals surface area (Å²) in [4.78, 5) is 35.9. The molecule has 0 fully saturated rings. The summed E-state index contributed by atoms with van der Waals surface area (Å²) in [7, 11) is 1.45. The largest absolute Gasteiger partial charge is 0.472 e. The zero-order chi connectivity index (χ0) is 65.5. The van der Waals surface area contributed by atoms with E-state index in [1.54, 1.807) is 0 Å². The molecule has 0 aliphatic rings. The molecule has 0 heterocycles. The van der Waals surface area contributed by atoms with Crippen LogP contribution in [-0.2, 0) is 32.7 Å². The predicted octanol–water partition coefficient (Wildman–Crippen LogP) is 23.9. The Labute approximate surface area is 554 Å². The highest BCUT2D eigenvalue weighted by molar-refractivity contribution is 7.47. The van der Waals surface area contributed by atoms with Crippen LogP contribution in [0.25, 0.3) is 0 Å². The Morgan fingerprint density at radius 3 is 0.889 bits per heavy atom. The van der Waals surface area contributed by atoms with Gasteiger partial charge in [0.2, 0.25) is 0 Å². The number of likely N-dealkylation sites (N-methyl/N-ethyl adjacent to an activating group) is 1. The van der Waals surface area contributed by atoms with Crippen molar-refractivity contribution < 1.29 is 42.1 Å². The molecule has 2 unspecified atom stereocenters. The summed E-state index contributed by atoms with van der Waals surface area (Å²) >= 11 is 0. The van der Waals surface area contributed by atoms with Gasteiger partial charge in [-0.2, -0.15) is 0 Å². The third-order valence-corrected chi connectivity index (χ3v) is 16.0. The molecule has 0 saturated carbocycles. The maximum atomic E-state index is 12.9. The van der Waals surface area contributed by atoms with Crippen molar-refractivity contribution in [2.45, 2.75) is 290 Å². The van der Waals surface area contributed by atoms with Crippen LogP contribution in [0.5, 0.6) is 0 Å². The van der Waals surface area contributed by atoms with Crippen LogP contribution in [-0.4, -0.2) is 74.9 Å². The molecule has 0 saturated heterocycles. The van der Waals surface area contributed by atoms with E-state index in [-0.39, 0.29) is 32.0 Å². The van der Waals surface area contributed by atoms with Gasteiger partial charge in [-0.15, -0.1) is 0 Å². The summed E-state index contributed by atoms with van der Waals surface area (Å²) in [6.07, 6.45) is 103. The summed E-state index contributed by atoms with van der Waals surface area (Å²) in [5, 5.41) is 0. The van der Waals surface area contributed by atoms with Gasteiger partial charge in [-0.25, -0.2) is 4.57 Å². The highest BCUT2D eigenvalue weighted by atomic mass is 31.2. The lowest BCUT2D eigenvalue weighted by atomic mass is 10.0. The average Bonchev–Trinajstić information content (AvgIpc) is 3.58. The standard InChI is InChI=1S/C80H134NO8P/c1-6-8-10-12-14-16-18-20-22-24-26-28-30-32-34-36-38-39-40-41-43-44-46-48-50-52-54-56-58-60-62-64-66-68-70-72-79(82)86-76-78(77-88-90(84,85)87-75-74-81(3,4)5)89-80(83)73-71-69-67-65-63-61-59-57-55-53-51-49-47-45-42-37-35-33-31-29-27-25-23-21-19-17-15-13-11-9-7-2/h8-11,14-17,20-23,26-29,32-35,42,45,49,51,55,57,78H,6-7,12-13,18-19,24-25,30-31,36-41,43-44,46-48,50,52-54,56,58-77H2,1-5H3/p+1/b10-8-,11-9-,16-14-,17-15-,22-20-,23-21-,28-26-,29-27-,34-32-,35-33-,45-42-,51-49-,57-55-. The summed E-state index contributed by atoms with van der Waals surface area (Å²) < 4.78 is 34.7. The summed E-state index contributed by atoms with van der Waals surface area (Å²) in [6.45, 7) is 4.19. The Balaban J connectivity index is 4.09. The lowest BCUT2D eigenvalue weighted by molar-refractivity contribution is -0.870. The molecule has 10 heteroatoms. The van der Waals surface area contributed by atoms with Gasteiger partial charge in [0.15, 0.2) is 6.10 Å². The number of quaternary nitrogens is 1. The molecular formula is C80H135NO8P+. The number of hydrogen-bond donors (Lipinski definition) is 1. The molecule has 0 bridgehead atoms. The van der Waals surface area contributed by atoms with E-state index in [0.29, 0.717) is 17.4 Å².